The highest BCUT2D eigenvalue weighted by Crippen LogP contribution is 2.16. The molecule has 0 saturated carbocycles. The molecule has 118 valence electrons. The molecule has 0 unspecified atom stereocenters. The summed E-state index contributed by atoms with van der Waals surface area (Å²) < 4.78 is 0. The Hall–Kier alpha value is -2.86. The molecule has 3 amide bonds. The number of anilines is 3. The van der Waals surface area contributed by atoms with Gasteiger partial charge in [0.25, 0.3) is 0 Å². The molecular weight excluding hydrogens is 318 g/mol. The van der Waals surface area contributed by atoms with Crippen molar-refractivity contribution in [3.63, 3.8) is 0 Å². The summed E-state index contributed by atoms with van der Waals surface area (Å²) in [5.74, 6) is -1.88. The first-order chi connectivity index (χ1) is 10.9. The minimum atomic E-state index is -0.829. The van der Waals surface area contributed by atoms with Gasteiger partial charge in [0.05, 0.1) is 0 Å². The van der Waals surface area contributed by atoms with Crippen LogP contribution in [0.4, 0.5) is 17.1 Å². The zero-order valence-corrected chi connectivity index (χ0v) is 13.0. The van der Waals surface area contributed by atoms with Crippen molar-refractivity contribution in [2.24, 2.45) is 0 Å². The monoisotopic (exact) mass is 331 g/mol. The number of carbonyl (C=O) groups excluding carboxylic acids is 3. The summed E-state index contributed by atoms with van der Waals surface area (Å²) in [6, 6.07) is 12.9. The third kappa shape index (κ3) is 5.12. The second-order valence-electron chi connectivity index (χ2n) is 4.68. The minimum Gasteiger partial charge on any atom is -0.326 e. The van der Waals surface area contributed by atoms with Gasteiger partial charge in [0.1, 0.15) is 0 Å². The lowest BCUT2D eigenvalue weighted by Crippen LogP contribution is -2.29. The third-order valence-electron chi connectivity index (χ3n) is 2.73. The Balaban J connectivity index is 2.01. The maximum absolute atomic E-state index is 11.9. The summed E-state index contributed by atoms with van der Waals surface area (Å²) in [6.07, 6.45) is 0. The molecule has 6 nitrogen and oxygen atoms in total. The predicted molar refractivity (Wildman–Crippen MR) is 89.5 cm³/mol. The van der Waals surface area contributed by atoms with Crippen LogP contribution in [0, 0.1) is 0 Å². The van der Waals surface area contributed by atoms with E-state index in [9.17, 15) is 14.4 Å². The predicted octanol–water partition coefficient (Wildman–Crippen LogP) is 2.88. The molecule has 0 heterocycles. The van der Waals surface area contributed by atoms with Crippen LogP contribution in [0.25, 0.3) is 0 Å². The van der Waals surface area contributed by atoms with Crippen molar-refractivity contribution < 1.29 is 14.4 Å². The van der Waals surface area contributed by atoms with E-state index in [-0.39, 0.29) is 5.91 Å². The number of nitrogens with one attached hydrogen (secondary N) is 3. The van der Waals surface area contributed by atoms with Gasteiger partial charge < -0.3 is 16.0 Å². The molecule has 2 aromatic rings. The fourth-order valence-corrected chi connectivity index (χ4v) is 2.01. The Kier molecular flexibility index (Phi) is 5.32. The summed E-state index contributed by atoms with van der Waals surface area (Å²) in [6.45, 7) is 1.38. The first-order valence-corrected chi connectivity index (χ1v) is 7.07. The highest BCUT2D eigenvalue weighted by molar-refractivity contribution is 6.43. The first-order valence-electron chi connectivity index (χ1n) is 6.69. The summed E-state index contributed by atoms with van der Waals surface area (Å²) in [7, 11) is 0. The van der Waals surface area contributed by atoms with Gasteiger partial charge in [-0.05, 0) is 36.4 Å². The van der Waals surface area contributed by atoms with Crippen LogP contribution in [0.2, 0.25) is 5.02 Å². The normalized spacial score (nSPS) is 9.83. The van der Waals surface area contributed by atoms with Crippen molar-refractivity contribution >= 4 is 46.4 Å². The molecule has 0 spiro atoms. The van der Waals surface area contributed by atoms with Crippen LogP contribution in [0.1, 0.15) is 6.92 Å². The van der Waals surface area contributed by atoms with Gasteiger partial charge in [-0.3, -0.25) is 14.4 Å². The molecule has 0 atom stereocenters. The van der Waals surface area contributed by atoms with Gasteiger partial charge in [-0.25, -0.2) is 0 Å². The maximum atomic E-state index is 11.9. The van der Waals surface area contributed by atoms with E-state index in [1.54, 1.807) is 42.5 Å². The molecule has 3 N–H and O–H groups in total. The van der Waals surface area contributed by atoms with Gasteiger partial charge in [0.2, 0.25) is 5.91 Å². The molecule has 0 aliphatic heterocycles. The Bertz CT molecular complexity index is 762. The molecule has 0 aliphatic carbocycles. The molecule has 0 aliphatic rings. The fraction of sp³-hybridized carbons (Fsp3) is 0.0625. The maximum Gasteiger partial charge on any atom is 0.314 e. The number of hydrogen-bond acceptors (Lipinski definition) is 3. The number of amides is 3. The molecule has 0 aromatic heterocycles. The van der Waals surface area contributed by atoms with E-state index in [1.165, 1.54) is 13.0 Å². The van der Waals surface area contributed by atoms with Crippen LogP contribution in [0.5, 0.6) is 0 Å². The van der Waals surface area contributed by atoms with Crippen LogP contribution in [-0.4, -0.2) is 17.7 Å². The lowest BCUT2D eigenvalue weighted by Gasteiger charge is -2.08. The average molecular weight is 332 g/mol. The van der Waals surface area contributed by atoms with Crippen molar-refractivity contribution in [3.05, 3.63) is 53.6 Å². The molecule has 2 aromatic carbocycles. The van der Waals surface area contributed by atoms with Crippen LogP contribution >= 0.6 is 11.6 Å². The van der Waals surface area contributed by atoms with Crippen LogP contribution in [0.15, 0.2) is 48.5 Å². The smallest absolute Gasteiger partial charge is 0.314 e. The molecule has 0 saturated heterocycles. The summed E-state index contributed by atoms with van der Waals surface area (Å²) in [4.78, 5) is 34.8. The lowest BCUT2D eigenvalue weighted by molar-refractivity contribution is -0.132. The first kappa shape index (κ1) is 16.5. The van der Waals surface area contributed by atoms with Gasteiger partial charge >= 0.3 is 11.8 Å². The number of benzene rings is 2. The Labute approximate surface area is 137 Å². The van der Waals surface area contributed by atoms with E-state index in [0.717, 1.165) is 0 Å². The zero-order valence-electron chi connectivity index (χ0n) is 12.2. The van der Waals surface area contributed by atoms with Gasteiger partial charge in [-0.2, -0.15) is 0 Å². The minimum absolute atomic E-state index is 0.229. The Morgan fingerprint density at radius 1 is 0.783 bits per heavy atom. The van der Waals surface area contributed by atoms with E-state index in [4.69, 9.17) is 11.6 Å². The molecule has 7 heteroatoms. The number of carbonyl (C=O) groups is 3. The van der Waals surface area contributed by atoms with Crippen molar-refractivity contribution in [3.8, 4) is 0 Å². The largest absolute Gasteiger partial charge is 0.326 e. The number of halogens is 1. The van der Waals surface area contributed by atoms with Gasteiger partial charge in [-0.1, -0.05) is 23.7 Å². The van der Waals surface area contributed by atoms with Crippen LogP contribution in [0.3, 0.4) is 0 Å². The van der Waals surface area contributed by atoms with Gasteiger partial charge in [0.15, 0.2) is 0 Å². The van der Waals surface area contributed by atoms with E-state index >= 15 is 0 Å². The van der Waals surface area contributed by atoms with Gasteiger partial charge in [0, 0.05) is 29.0 Å². The van der Waals surface area contributed by atoms with Crippen molar-refractivity contribution in [1.29, 1.82) is 0 Å². The number of hydrogen-bond donors (Lipinski definition) is 3. The topological polar surface area (TPSA) is 87.3 Å². The summed E-state index contributed by atoms with van der Waals surface area (Å²) in [5, 5.41) is 7.94. The van der Waals surface area contributed by atoms with Crippen LogP contribution in [-0.2, 0) is 14.4 Å². The highest BCUT2D eigenvalue weighted by atomic mass is 35.5. The Morgan fingerprint density at radius 3 is 1.78 bits per heavy atom. The molecule has 0 fully saturated rings. The van der Waals surface area contributed by atoms with Crippen molar-refractivity contribution in [2.75, 3.05) is 16.0 Å². The summed E-state index contributed by atoms with van der Waals surface area (Å²) in [5.41, 5.74) is 1.33. The SMILES string of the molecule is CC(=O)Nc1cccc(NC(=O)C(=O)Nc2cccc(Cl)c2)c1. The second-order valence-corrected chi connectivity index (χ2v) is 5.12. The Morgan fingerprint density at radius 2 is 1.26 bits per heavy atom. The van der Waals surface area contributed by atoms with E-state index in [1.807, 2.05) is 0 Å². The fourth-order valence-electron chi connectivity index (χ4n) is 1.82. The molecule has 0 radical (unpaired) electrons. The van der Waals surface area contributed by atoms with E-state index in [2.05, 4.69) is 16.0 Å². The molecule has 0 bridgehead atoms. The standard InChI is InChI=1S/C16H14ClN3O3/c1-10(21)18-13-6-3-7-14(9-13)20-16(23)15(22)19-12-5-2-4-11(17)8-12/h2-9H,1H3,(H,18,21)(H,19,22)(H,20,23). The van der Waals surface area contributed by atoms with Crippen molar-refractivity contribution in [1.82, 2.24) is 0 Å². The number of rotatable bonds is 3. The highest BCUT2D eigenvalue weighted by Gasteiger charge is 2.14. The average Bonchev–Trinajstić information content (AvgIpc) is 2.46. The van der Waals surface area contributed by atoms with E-state index < -0.39 is 11.8 Å². The van der Waals surface area contributed by atoms with Crippen LogP contribution < -0.4 is 16.0 Å². The third-order valence-corrected chi connectivity index (χ3v) is 2.96. The second kappa shape index (κ2) is 7.42. The van der Waals surface area contributed by atoms with Gasteiger partial charge in [-0.15, -0.1) is 0 Å². The zero-order chi connectivity index (χ0) is 16.8. The molecular formula is C16H14ClN3O3. The van der Waals surface area contributed by atoms with Crippen molar-refractivity contribution in [2.45, 2.75) is 6.92 Å². The lowest BCUT2D eigenvalue weighted by atomic mass is 10.2. The van der Waals surface area contributed by atoms with E-state index in [0.29, 0.717) is 22.1 Å². The quantitative estimate of drug-likeness (QED) is 0.756. The molecule has 23 heavy (non-hydrogen) atoms. The molecule has 2 rings (SSSR count). The summed E-state index contributed by atoms with van der Waals surface area (Å²) >= 11 is 5.81.